The number of hydrogen-bond acceptors (Lipinski definition) is 5. The van der Waals surface area contributed by atoms with Crippen LogP contribution in [0.5, 0.6) is 11.5 Å². The Morgan fingerprint density at radius 1 is 1.00 bits per heavy atom. The third kappa shape index (κ3) is 4.55. The van der Waals surface area contributed by atoms with Crippen LogP contribution in [0, 0.1) is 0 Å². The lowest BCUT2D eigenvalue weighted by Crippen LogP contribution is -2.21. The fraction of sp³-hybridized carbons (Fsp3) is 0.370. The molecule has 0 bridgehead atoms. The second-order valence-electron chi connectivity index (χ2n) is 9.06. The number of anilines is 1. The van der Waals surface area contributed by atoms with E-state index in [-0.39, 0.29) is 11.3 Å². The van der Waals surface area contributed by atoms with E-state index in [9.17, 15) is 18.3 Å². The molecule has 0 spiro atoms. The number of methoxy groups -OCH3 is 2. The highest BCUT2D eigenvalue weighted by Crippen LogP contribution is 2.42. The molecule has 1 atom stereocenters. The number of β-amino-alcohol motifs (C(OH)–C–C–N with tert-alkyl or cyclic N) is 1. The van der Waals surface area contributed by atoms with Crippen LogP contribution in [-0.2, 0) is 19.0 Å². The molecule has 0 unspecified atom stereocenters. The average molecular weight is 485 g/mol. The third-order valence-electron chi connectivity index (χ3n) is 6.83. The van der Waals surface area contributed by atoms with Gasteiger partial charge in [0.05, 0.1) is 37.3 Å². The molecule has 184 valence electrons. The molecule has 3 aromatic rings. The summed E-state index contributed by atoms with van der Waals surface area (Å²) in [7, 11) is 3.12. The molecule has 1 aromatic heterocycles. The lowest BCUT2D eigenvalue weighted by atomic mass is 9.96. The summed E-state index contributed by atoms with van der Waals surface area (Å²) in [5.74, 6) is 1.17. The van der Waals surface area contributed by atoms with Crippen LogP contribution in [0.3, 0.4) is 0 Å². The van der Waals surface area contributed by atoms with E-state index in [0.717, 1.165) is 42.0 Å². The van der Waals surface area contributed by atoms with E-state index in [2.05, 4.69) is 0 Å². The Balaban J connectivity index is 1.70. The zero-order chi connectivity index (χ0) is 24.7. The van der Waals surface area contributed by atoms with Crippen LogP contribution >= 0.6 is 0 Å². The minimum Gasteiger partial charge on any atom is -0.497 e. The molecular formula is C27H27F3N2O3. The maximum absolute atomic E-state index is 14.1. The topological polar surface area (TPSA) is 54.8 Å². The van der Waals surface area contributed by atoms with Gasteiger partial charge in [-0.25, -0.2) is 4.98 Å². The van der Waals surface area contributed by atoms with Crippen molar-refractivity contribution < 1.29 is 27.8 Å². The SMILES string of the molecule is COc1cc(OC)cc(-c2nc(-c3cc(N4CC[C@H](O)C4)ccc3C(F)(F)F)cc3c2CCC3)c1. The fourth-order valence-electron chi connectivity index (χ4n) is 5.07. The minimum atomic E-state index is -4.53. The molecule has 1 aliphatic carbocycles. The Morgan fingerprint density at radius 3 is 2.37 bits per heavy atom. The highest BCUT2D eigenvalue weighted by Gasteiger charge is 2.35. The Morgan fingerprint density at radius 2 is 1.74 bits per heavy atom. The molecule has 2 aromatic carbocycles. The van der Waals surface area contributed by atoms with Gasteiger partial charge in [0.15, 0.2) is 0 Å². The number of halogens is 3. The van der Waals surface area contributed by atoms with E-state index in [1.165, 1.54) is 6.07 Å². The van der Waals surface area contributed by atoms with Gasteiger partial charge in [-0.1, -0.05) is 0 Å². The monoisotopic (exact) mass is 484 g/mol. The second-order valence-corrected chi connectivity index (χ2v) is 9.06. The molecular weight excluding hydrogens is 457 g/mol. The maximum Gasteiger partial charge on any atom is 0.417 e. The van der Waals surface area contributed by atoms with Gasteiger partial charge in [0, 0.05) is 36.0 Å². The number of hydrogen-bond donors (Lipinski definition) is 1. The van der Waals surface area contributed by atoms with Gasteiger partial charge in [0.1, 0.15) is 11.5 Å². The molecule has 2 heterocycles. The zero-order valence-corrected chi connectivity index (χ0v) is 19.7. The van der Waals surface area contributed by atoms with E-state index in [4.69, 9.17) is 14.5 Å². The van der Waals surface area contributed by atoms with Gasteiger partial charge in [-0.05, 0) is 73.2 Å². The second kappa shape index (κ2) is 9.07. The summed E-state index contributed by atoms with van der Waals surface area (Å²) in [6, 6.07) is 11.4. The molecule has 0 radical (unpaired) electrons. The first kappa shape index (κ1) is 23.5. The molecule has 8 heteroatoms. The third-order valence-corrected chi connectivity index (χ3v) is 6.83. The minimum absolute atomic E-state index is 0.0437. The highest BCUT2D eigenvalue weighted by atomic mass is 19.4. The van der Waals surface area contributed by atoms with Gasteiger partial charge >= 0.3 is 6.18 Å². The summed E-state index contributed by atoms with van der Waals surface area (Å²) in [5, 5.41) is 9.93. The number of rotatable bonds is 5. The number of aliphatic hydroxyl groups is 1. The summed E-state index contributed by atoms with van der Waals surface area (Å²) in [4.78, 5) is 6.73. The lowest BCUT2D eigenvalue weighted by Gasteiger charge is -2.22. The van der Waals surface area contributed by atoms with Crippen molar-refractivity contribution in [2.75, 3.05) is 32.2 Å². The van der Waals surface area contributed by atoms with E-state index in [1.54, 1.807) is 32.4 Å². The Bertz CT molecular complexity index is 1240. The predicted molar refractivity (Wildman–Crippen MR) is 128 cm³/mol. The van der Waals surface area contributed by atoms with Crippen molar-refractivity contribution in [3.63, 3.8) is 0 Å². The van der Waals surface area contributed by atoms with Crippen molar-refractivity contribution in [1.29, 1.82) is 0 Å². The van der Waals surface area contributed by atoms with Crippen LogP contribution < -0.4 is 14.4 Å². The Labute approximate surface area is 202 Å². The van der Waals surface area contributed by atoms with Gasteiger partial charge in [-0.3, -0.25) is 0 Å². The molecule has 5 rings (SSSR count). The van der Waals surface area contributed by atoms with E-state index in [1.807, 2.05) is 17.0 Å². The molecule has 2 aliphatic rings. The number of aromatic nitrogens is 1. The quantitative estimate of drug-likeness (QED) is 0.518. The summed E-state index contributed by atoms with van der Waals surface area (Å²) in [6.07, 6.45) is -1.89. The number of pyridine rings is 1. The summed E-state index contributed by atoms with van der Waals surface area (Å²) in [6.45, 7) is 0.996. The number of alkyl halides is 3. The van der Waals surface area contributed by atoms with Crippen molar-refractivity contribution in [2.45, 2.75) is 38.0 Å². The maximum atomic E-state index is 14.1. The number of fused-ring (bicyclic) bond motifs is 1. The van der Waals surface area contributed by atoms with E-state index >= 15 is 0 Å². The van der Waals surface area contributed by atoms with Crippen LogP contribution in [0.15, 0.2) is 42.5 Å². The number of aryl methyl sites for hydroxylation is 1. The summed E-state index contributed by atoms with van der Waals surface area (Å²) < 4.78 is 53.1. The van der Waals surface area contributed by atoms with Gasteiger partial charge in [-0.15, -0.1) is 0 Å². The number of benzene rings is 2. The van der Waals surface area contributed by atoms with E-state index in [0.29, 0.717) is 42.4 Å². The summed E-state index contributed by atoms with van der Waals surface area (Å²) >= 11 is 0. The molecule has 0 saturated carbocycles. The molecule has 1 saturated heterocycles. The molecule has 1 N–H and O–H groups in total. The standard InChI is InChI=1S/C27H27F3N2O3/c1-34-20-10-17(11-21(14-20)35-2)26-22-5-3-4-16(22)12-25(31-26)23-13-18(32-9-8-19(33)15-32)6-7-24(23)27(28,29)30/h6-7,10-14,19,33H,3-5,8-9,15H2,1-2H3/t19-/m0/s1. The highest BCUT2D eigenvalue weighted by molar-refractivity contribution is 5.76. The van der Waals surface area contributed by atoms with Crippen molar-refractivity contribution in [3.8, 4) is 34.0 Å². The molecule has 1 aliphatic heterocycles. The van der Waals surface area contributed by atoms with Crippen LogP contribution in [0.1, 0.15) is 29.5 Å². The van der Waals surface area contributed by atoms with Crippen molar-refractivity contribution in [3.05, 3.63) is 59.2 Å². The Kier molecular flexibility index (Phi) is 6.09. The van der Waals surface area contributed by atoms with Crippen LogP contribution in [-0.4, -0.2) is 43.5 Å². The zero-order valence-electron chi connectivity index (χ0n) is 19.7. The van der Waals surface area contributed by atoms with Crippen molar-refractivity contribution in [2.24, 2.45) is 0 Å². The molecule has 0 amide bonds. The van der Waals surface area contributed by atoms with Crippen molar-refractivity contribution >= 4 is 5.69 Å². The molecule has 35 heavy (non-hydrogen) atoms. The van der Waals surface area contributed by atoms with Gasteiger partial charge in [-0.2, -0.15) is 13.2 Å². The number of ether oxygens (including phenoxy) is 2. The van der Waals surface area contributed by atoms with Gasteiger partial charge < -0.3 is 19.5 Å². The summed E-state index contributed by atoms with van der Waals surface area (Å²) in [5.41, 5.74) is 3.73. The first-order valence-electron chi connectivity index (χ1n) is 11.7. The smallest absolute Gasteiger partial charge is 0.417 e. The van der Waals surface area contributed by atoms with Crippen molar-refractivity contribution in [1.82, 2.24) is 4.98 Å². The largest absolute Gasteiger partial charge is 0.497 e. The molecule has 5 nitrogen and oxygen atoms in total. The Hall–Kier alpha value is -3.26. The van der Waals surface area contributed by atoms with Crippen LogP contribution in [0.2, 0.25) is 0 Å². The van der Waals surface area contributed by atoms with Crippen LogP contribution in [0.25, 0.3) is 22.5 Å². The lowest BCUT2D eigenvalue weighted by molar-refractivity contribution is -0.137. The first-order chi connectivity index (χ1) is 16.8. The normalized spacial score (nSPS) is 17.5. The predicted octanol–water partition coefficient (Wildman–Crippen LogP) is 5.51. The molecule has 1 fully saturated rings. The first-order valence-corrected chi connectivity index (χ1v) is 11.7. The van der Waals surface area contributed by atoms with E-state index < -0.39 is 17.8 Å². The van der Waals surface area contributed by atoms with Gasteiger partial charge in [0.2, 0.25) is 0 Å². The number of aliphatic hydroxyl groups excluding tert-OH is 1. The fourth-order valence-corrected chi connectivity index (χ4v) is 5.07. The average Bonchev–Trinajstić information content (AvgIpc) is 3.51. The van der Waals surface area contributed by atoms with Gasteiger partial charge in [0.25, 0.3) is 0 Å². The van der Waals surface area contributed by atoms with Crippen LogP contribution in [0.4, 0.5) is 18.9 Å². The number of nitrogens with zero attached hydrogens (tertiary/aromatic N) is 2.